The van der Waals surface area contributed by atoms with E-state index in [1.165, 1.54) is 0 Å². The van der Waals surface area contributed by atoms with Crippen molar-refractivity contribution in [2.24, 2.45) is 5.92 Å². The second kappa shape index (κ2) is 3.57. The molecule has 1 heterocycles. The third kappa shape index (κ3) is 1.96. The van der Waals surface area contributed by atoms with Crippen LogP contribution in [0.5, 0.6) is 0 Å². The third-order valence-corrected chi connectivity index (χ3v) is 2.98. The molecule has 0 aromatic rings. The van der Waals surface area contributed by atoms with Crippen LogP contribution in [0.4, 0.5) is 0 Å². The fraction of sp³-hybridized carbons (Fsp3) is 1.00. The number of hydrogen-bond donors (Lipinski definition) is 0. The van der Waals surface area contributed by atoms with Crippen LogP contribution in [0.15, 0.2) is 0 Å². The highest BCUT2D eigenvalue weighted by Gasteiger charge is 2.43. The SMILES string of the molecule is C.CC(C)C(C)N1C(C)C1C. The predicted octanol–water partition coefficient (Wildman–Crippen LogP) is 2.76. The number of rotatable bonds is 2. The largest absolute Gasteiger partial charge is 0.292 e. The van der Waals surface area contributed by atoms with Gasteiger partial charge in [-0.25, -0.2) is 0 Å². The van der Waals surface area contributed by atoms with Crippen LogP contribution in [-0.4, -0.2) is 23.0 Å². The van der Waals surface area contributed by atoms with E-state index in [9.17, 15) is 0 Å². The van der Waals surface area contributed by atoms with Crippen LogP contribution < -0.4 is 0 Å². The molecule has 11 heavy (non-hydrogen) atoms. The van der Waals surface area contributed by atoms with Crippen molar-refractivity contribution in [3.05, 3.63) is 0 Å². The van der Waals surface area contributed by atoms with Crippen molar-refractivity contribution in [1.82, 2.24) is 4.90 Å². The second-order valence-electron chi connectivity index (χ2n) is 3.91. The molecular formula is C10H23N. The zero-order valence-electron chi connectivity index (χ0n) is 7.76. The van der Waals surface area contributed by atoms with Crippen molar-refractivity contribution in [1.29, 1.82) is 0 Å². The van der Waals surface area contributed by atoms with Gasteiger partial charge >= 0.3 is 0 Å². The first-order valence-electron chi connectivity index (χ1n) is 4.33. The average Bonchev–Trinajstić information content (AvgIpc) is 2.40. The molecule has 1 saturated heterocycles. The zero-order chi connectivity index (χ0) is 7.89. The smallest absolute Gasteiger partial charge is 0.0227 e. The van der Waals surface area contributed by atoms with Crippen LogP contribution >= 0.6 is 0 Å². The van der Waals surface area contributed by atoms with Crippen molar-refractivity contribution in [2.45, 2.75) is 60.2 Å². The minimum atomic E-state index is 0. The molecule has 3 atom stereocenters. The van der Waals surface area contributed by atoms with Crippen LogP contribution in [0.3, 0.4) is 0 Å². The topological polar surface area (TPSA) is 3.01 Å². The molecule has 0 aromatic carbocycles. The first kappa shape index (κ1) is 11.0. The molecule has 1 nitrogen and oxygen atoms in total. The standard InChI is InChI=1S/C9H19N.CH4/c1-6(2)7(3)10-8(4)9(10)5;/h6-9H,1-5H3;1H4. The fourth-order valence-electron chi connectivity index (χ4n) is 1.62. The van der Waals surface area contributed by atoms with Crippen LogP contribution in [0, 0.1) is 5.92 Å². The minimum Gasteiger partial charge on any atom is -0.292 e. The van der Waals surface area contributed by atoms with Gasteiger partial charge in [-0.2, -0.15) is 0 Å². The summed E-state index contributed by atoms with van der Waals surface area (Å²) < 4.78 is 0. The van der Waals surface area contributed by atoms with Gasteiger partial charge in [-0.1, -0.05) is 21.3 Å². The molecule has 1 fully saturated rings. The molecular weight excluding hydrogens is 134 g/mol. The summed E-state index contributed by atoms with van der Waals surface area (Å²) in [5.41, 5.74) is 0. The first-order chi connectivity index (χ1) is 4.55. The van der Waals surface area contributed by atoms with Gasteiger partial charge in [0.15, 0.2) is 0 Å². The first-order valence-corrected chi connectivity index (χ1v) is 4.33. The van der Waals surface area contributed by atoms with E-state index in [2.05, 4.69) is 39.5 Å². The predicted molar refractivity (Wildman–Crippen MR) is 51.8 cm³/mol. The lowest BCUT2D eigenvalue weighted by molar-refractivity contribution is 0.303. The molecule has 0 aromatic heterocycles. The van der Waals surface area contributed by atoms with Crippen LogP contribution in [0.25, 0.3) is 0 Å². The highest BCUT2D eigenvalue weighted by Crippen LogP contribution is 2.32. The van der Waals surface area contributed by atoms with Gasteiger partial charge in [0.1, 0.15) is 0 Å². The summed E-state index contributed by atoms with van der Waals surface area (Å²) in [5.74, 6) is 0.799. The summed E-state index contributed by atoms with van der Waals surface area (Å²) in [7, 11) is 0. The van der Waals surface area contributed by atoms with E-state index in [0.29, 0.717) is 0 Å². The number of hydrogen-bond acceptors (Lipinski definition) is 1. The Bertz CT molecular complexity index is 105. The summed E-state index contributed by atoms with van der Waals surface area (Å²) in [6, 6.07) is 2.43. The van der Waals surface area contributed by atoms with Crippen molar-refractivity contribution in [2.75, 3.05) is 0 Å². The molecule has 0 saturated carbocycles. The van der Waals surface area contributed by atoms with E-state index >= 15 is 0 Å². The molecule has 1 aliphatic rings. The maximum absolute atomic E-state index is 2.57. The molecule has 68 valence electrons. The van der Waals surface area contributed by atoms with E-state index < -0.39 is 0 Å². The molecule has 3 unspecified atom stereocenters. The highest BCUT2D eigenvalue weighted by atomic mass is 15.4. The maximum atomic E-state index is 2.57. The van der Waals surface area contributed by atoms with Gasteiger partial charge in [-0.15, -0.1) is 0 Å². The Morgan fingerprint density at radius 3 is 1.45 bits per heavy atom. The van der Waals surface area contributed by atoms with E-state index in [4.69, 9.17) is 0 Å². The van der Waals surface area contributed by atoms with Crippen LogP contribution in [0.2, 0.25) is 0 Å². The molecule has 0 radical (unpaired) electrons. The summed E-state index contributed by atoms with van der Waals surface area (Å²) in [5, 5.41) is 0. The maximum Gasteiger partial charge on any atom is 0.0227 e. The third-order valence-electron chi connectivity index (χ3n) is 2.98. The Hall–Kier alpha value is -0.0400. The fourth-order valence-corrected chi connectivity index (χ4v) is 1.62. The van der Waals surface area contributed by atoms with Crippen molar-refractivity contribution in [3.63, 3.8) is 0 Å². The van der Waals surface area contributed by atoms with E-state index in [-0.39, 0.29) is 7.43 Å². The molecule has 0 bridgehead atoms. The van der Waals surface area contributed by atoms with Crippen molar-refractivity contribution < 1.29 is 0 Å². The lowest BCUT2D eigenvalue weighted by Gasteiger charge is -2.17. The lowest BCUT2D eigenvalue weighted by atomic mass is 10.1. The normalized spacial score (nSPS) is 38.2. The Morgan fingerprint density at radius 2 is 1.36 bits per heavy atom. The monoisotopic (exact) mass is 157 g/mol. The van der Waals surface area contributed by atoms with Gasteiger partial charge in [0, 0.05) is 18.1 Å². The molecule has 0 aliphatic carbocycles. The summed E-state index contributed by atoms with van der Waals surface area (Å²) in [4.78, 5) is 2.57. The van der Waals surface area contributed by atoms with Crippen LogP contribution in [-0.2, 0) is 0 Å². The Balaban J connectivity index is 0.000001000. The Morgan fingerprint density at radius 1 is 1.00 bits per heavy atom. The average molecular weight is 157 g/mol. The Kier molecular flexibility index (Phi) is 3.56. The summed E-state index contributed by atoms with van der Waals surface area (Å²) in [6.45, 7) is 11.5. The highest BCUT2D eigenvalue weighted by molar-refractivity contribution is 4.99. The van der Waals surface area contributed by atoms with E-state index in [1.54, 1.807) is 0 Å². The number of nitrogens with zero attached hydrogens (tertiary/aromatic N) is 1. The van der Waals surface area contributed by atoms with Gasteiger partial charge in [0.05, 0.1) is 0 Å². The van der Waals surface area contributed by atoms with Gasteiger partial charge in [-0.05, 0) is 26.7 Å². The zero-order valence-corrected chi connectivity index (χ0v) is 7.76. The lowest BCUT2D eigenvalue weighted by Crippen LogP contribution is -2.23. The Labute approximate surface area is 71.8 Å². The van der Waals surface area contributed by atoms with Gasteiger partial charge in [0.2, 0.25) is 0 Å². The molecule has 1 aliphatic heterocycles. The van der Waals surface area contributed by atoms with Crippen molar-refractivity contribution >= 4 is 0 Å². The second-order valence-corrected chi connectivity index (χ2v) is 3.91. The molecule has 0 amide bonds. The van der Waals surface area contributed by atoms with Crippen LogP contribution in [0.1, 0.15) is 42.0 Å². The van der Waals surface area contributed by atoms with E-state index in [0.717, 1.165) is 24.0 Å². The molecule has 0 N–H and O–H groups in total. The van der Waals surface area contributed by atoms with Gasteiger partial charge < -0.3 is 0 Å². The molecule has 1 rings (SSSR count). The minimum absolute atomic E-state index is 0. The van der Waals surface area contributed by atoms with Crippen molar-refractivity contribution in [3.8, 4) is 0 Å². The van der Waals surface area contributed by atoms with E-state index in [1.807, 2.05) is 0 Å². The van der Waals surface area contributed by atoms with Gasteiger partial charge in [0.25, 0.3) is 0 Å². The molecule has 0 spiro atoms. The quantitative estimate of drug-likeness (QED) is 0.557. The molecule has 1 heteroatoms. The summed E-state index contributed by atoms with van der Waals surface area (Å²) >= 11 is 0. The summed E-state index contributed by atoms with van der Waals surface area (Å²) in [6.07, 6.45) is 0. The van der Waals surface area contributed by atoms with Gasteiger partial charge in [-0.3, -0.25) is 4.90 Å².